The lowest BCUT2D eigenvalue weighted by Crippen LogP contribution is -2.46. The van der Waals surface area contributed by atoms with Gasteiger partial charge in [-0.25, -0.2) is 0 Å². The van der Waals surface area contributed by atoms with Crippen LogP contribution in [0, 0.1) is 0 Å². The number of hydrogen-bond acceptors (Lipinski definition) is 4. The van der Waals surface area contributed by atoms with E-state index < -0.39 is 0 Å². The summed E-state index contributed by atoms with van der Waals surface area (Å²) in [6, 6.07) is 5.21. The standard InChI is InChI=1S/C21H28N2O4/c1-26-18-8-7-16(14-19(18)27-2)21(25)22-17-9-11-23(12-10-17)20(24)13-15-5-3-4-6-15/h7-8,13-14,17H,3-6,9-12H2,1-2H3,(H,22,25). The van der Waals surface area contributed by atoms with Gasteiger partial charge in [0.25, 0.3) is 5.91 Å². The first kappa shape index (κ1) is 19.3. The topological polar surface area (TPSA) is 67.9 Å². The molecule has 2 fully saturated rings. The van der Waals surface area contributed by atoms with Gasteiger partial charge in [0, 0.05) is 30.8 Å². The van der Waals surface area contributed by atoms with Gasteiger partial charge in [0.05, 0.1) is 14.2 Å². The van der Waals surface area contributed by atoms with Gasteiger partial charge in [0.2, 0.25) is 5.91 Å². The van der Waals surface area contributed by atoms with E-state index in [-0.39, 0.29) is 17.9 Å². The molecule has 1 aromatic carbocycles. The van der Waals surface area contributed by atoms with Crippen molar-refractivity contribution in [1.29, 1.82) is 0 Å². The Morgan fingerprint density at radius 1 is 1.07 bits per heavy atom. The number of rotatable bonds is 5. The van der Waals surface area contributed by atoms with E-state index >= 15 is 0 Å². The van der Waals surface area contributed by atoms with E-state index in [2.05, 4.69) is 5.32 Å². The summed E-state index contributed by atoms with van der Waals surface area (Å²) in [5.41, 5.74) is 1.82. The second kappa shape index (κ2) is 8.93. The zero-order valence-corrected chi connectivity index (χ0v) is 16.1. The van der Waals surface area contributed by atoms with Gasteiger partial charge in [-0.15, -0.1) is 0 Å². The molecular formula is C21H28N2O4. The minimum Gasteiger partial charge on any atom is -0.493 e. The summed E-state index contributed by atoms with van der Waals surface area (Å²) in [5.74, 6) is 1.12. The molecule has 1 aromatic rings. The highest BCUT2D eigenvalue weighted by Gasteiger charge is 2.24. The van der Waals surface area contributed by atoms with E-state index in [1.54, 1.807) is 32.4 Å². The summed E-state index contributed by atoms with van der Waals surface area (Å²) in [6.07, 6.45) is 7.89. The molecule has 2 aliphatic rings. The van der Waals surface area contributed by atoms with Crippen LogP contribution in [0.1, 0.15) is 48.9 Å². The second-order valence-corrected chi connectivity index (χ2v) is 7.15. The Morgan fingerprint density at radius 3 is 2.37 bits per heavy atom. The summed E-state index contributed by atoms with van der Waals surface area (Å²) in [6.45, 7) is 1.36. The van der Waals surface area contributed by atoms with Crippen LogP contribution >= 0.6 is 0 Å². The monoisotopic (exact) mass is 372 g/mol. The number of piperidine rings is 1. The third-order valence-electron chi connectivity index (χ3n) is 5.36. The Labute approximate surface area is 160 Å². The van der Waals surface area contributed by atoms with E-state index in [0.717, 1.165) is 25.7 Å². The van der Waals surface area contributed by atoms with Crippen molar-refractivity contribution in [3.05, 3.63) is 35.4 Å². The Balaban J connectivity index is 1.52. The molecule has 1 saturated heterocycles. The lowest BCUT2D eigenvalue weighted by atomic mass is 10.0. The molecule has 0 radical (unpaired) electrons. The van der Waals surface area contributed by atoms with Crippen LogP contribution < -0.4 is 14.8 Å². The van der Waals surface area contributed by atoms with Crippen molar-refractivity contribution >= 4 is 11.8 Å². The molecule has 6 nitrogen and oxygen atoms in total. The molecule has 2 amide bonds. The zero-order valence-electron chi connectivity index (χ0n) is 16.1. The fourth-order valence-corrected chi connectivity index (χ4v) is 3.73. The Kier molecular flexibility index (Phi) is 6.37. The molecular weight excluding hydrogens is 344 g/mol. The number of ether oxygens (including phenoxy) is 2. The Morgan fingerprint density at radius 2 is 1.74 bits per heavy atom. The van der Waals surface area contributed by atoms with Crippen molar-refractivity contribution in [2.75, 3.05) is 27.3 Å². The highest BCUT2D eigenvalue weighted by molar-refractivity contribution is 5.95. The number of allylic oxidation sites excluding steroid dienone is 1. The van der Waals surface area contributed by atoms with Crippen molar-refractivity contribution in [3.63, 3.8) is 0 Å². The first-order valence-electron chi connectivity index (χ1n) is 9.62. The maximum absolute atomic E-state index is 12.5. The van der Waals surface area contributed by atoms with Crippen molar-refractivity contribution in [2.45, 2.75) is 44.6 Å². The van der Waals surface area contributed by atoms with E-state index in [0.29, 0.717) is 30.2 Å². The van der Waals surface area contributed by atoms with Gasteiger partial charge < -0.3 is 19.7 Å². The SMILES string of the molecule is COc1ccc(C(=O)NC2CCN(C(=O)C=C3CCCC3)CC2)cc1OC. The number of carbonyl (C=O) groups excluding carboxylic acids is 2. The highest BCUT2D eigenvalue weighted by Crippen LogP contribution is 2.28. The third-order valence-corrected chi connectivity index (χ3v) is 5.36. The minimum atomic E-state index is -0.131. The third kappa shape index (κ3) is 4.81. The molecule has 0 unspecified atom stereocenters. The molecule has 0 aromatic heterocycles. The van der Waals surface area contributed by atoms with Gasteiger partial charge in [-0.3, -0.25) is 9.59 Å². The summed E-state index contributed by atoms with van der Waals surface area (Å²) < 4.78 is 10.5. The fraction of sp³-hybridized carbons (Fsp3) is 0.524. The van der Waals surface area contributed by atoms with Crippen molar-refractivity contribution in [2.24, 2.45) is 0 Å². The smallest absolute Gasteiger partial charge is 0.251 e. The number of nitrogens with zero attached hydrogens (tertiary/aromatic N) is 1. The molecule has 146 valence electrons. The molecule has 1 saturated carbocycles. The molecule has 6 heteroatoms. The molecule has 1 aliphatic heterocycles. The highest BCUT2D eigenvalue weighted by atomic mass is 16.5. The van der Waals surface area contributed by atoms with Crippen LogP contribution in [0.25, 0.3) is 0 Å². The van der Waals surface area contributed by atoms with Gasteiger partial charge in [0.1, 0.15) is 0 Å². The number of hydrogen-bond donors (Lipinski definition) is 1. The van der Waals surface area contributed by atoms with Gasteiger partial charge in [-0.1, -0.05) is 5.57 Å². The van der Waals surface area contributed by atoms with E-state index in [4.69, 9.17) is 9.47 Å². The molecule has 1 N–H and O–H groups in total. The lowest BCUT2D eigenvalue weighted by molar-refractivity contribution is -0.127. The Bertz CT molecular complexity index is 713. The van der Waals surface area contributed by atoms with E-state index in [1.807, 2.05) is 11.0 Å². The van der Waals surface area contributed by atoms with Gasteiger partial charge in [-0.05, 0) is 56.7 Å². The molecule has 1 heterocycles. The number of methoxy groups -OCH3 is 2. The van der Waals surface area contributed by atoms with Crippen molar-refractivity contribution in [1.82, 2.24) is 10.2 Å². The van der Waals surface area contributed by atoms with Crippen LogP contribution in [-0.4, -0.2) is 50.1 Å². The van der Waals surface area contributed by atoms with Crippen molar-refractivity contribution < 1.29 is 19.1 Å². The van der Waals surface area contributed by atoms with Crippen LogP contribution in [-0.2, 0) is 4.79 Å². The molecule has 27 heavy (non-hydrogen) atoms. The number of likely N-dealkylation sites (tertiary alicyclic amines) is 1. The molecule has 3 rings (SSSR count). The van der Waals surface area contributed by atoms with Gasteiger partial charge in [0.15, 0.2) is 11.5 Å². The predicted molar refractivity (Wildman–Crippen MR) is 103 cm³/mol. The predicted octanol–water partition coefficient (Wildman–Crippen LogP) is 2.93. The number of benzene rings is 1. The minimum absolute atomic E-state index is 0.0776. The summed E-state index contributed by atoms with van der Waals surface area (Å²) in [4.78, 5) is 26.8. The number of nitrogens with one attached hydrogen (secondary N) is 1. The number of carbonyl (C=O) groups is 2. The Hall–Kier alpha value is -2.50. The first-order valence-corrected chi connectivity index (χ1v) is 9.62. The normalized spacial score (nSPS) is 17.6. The van der Waals surface area contributed by atoms with E-state index in [9.17, 15) is 9.59 Å². The van der Waals surface area contributed by atoms with E-state index in [1.165, 1.54) is 18.4 Å². The second-order valence-electron chi connectivity index (χ2n) is 7.15. The maximum Gasteiger partial charge on any atom is 0.251 e. The largest absolute Gasteiger partial charge is 0.493 e. The molecule has 0 spiro atoms. The van der Waals surface area contributed by atoms with Gasteiger partial charge in [-0.2, -0.15) is 0 Å². The molecule has 0 atom stereocenters. The zero-order chi connectivity index (χ0) is 19.2. The summed E-state index contributed by atoms with van der Waals surface area (Å²) >= 11 is 0. The van der Waals surface area contributed by atoms with Gasteiger partial charge >= 0.3 is 0 Å². The van der Waals surface area contributed by atoms with Crippen LogP contribution in [0.15, 0.2) is 29.8 Å². The molecule has 0 bridgehead atoms. The average molecular weight is 372 g/mol. The van der Waals surface area contributed by atoms with Crippen LogP contribution in [0.4, 0.5) is 0 Å². The average Bonchev–Trinajstić information content (AvgIpc) is 3.20. The van der Waals surface area contributed by atoms with Crippen molar-refractivity contribution in [3.8, 4) is 11.5 Å². The molecule has 1 aliphatic carbocycles. The lowest BCUT2D eigenvalue weighted by Gasteiger charge is -2.32. The quantitative estimate of drug-likeness (QED) is 0.807. The maximum atomic E-state index is 12.5. The van der Waals surface area contributed by atoms with Crippen LogP contribution in [0.5, 0.6) is 11.5 Å². The first-order chi connectivity index (χ1) is 13.1. The summed E-state index contributed by atoms with van der Waals surface area (Å²) in [7, 11) is 3.11. The number of amides is 2. The van der Waals surface area contributed by atoms with Crippen LogP contribution in [0.2, 0.25) is 0 Å². The fourth-order valence-electron chi connectivity index (χ4n) is 3.73. The van der Waals surface area contributed by atoms with Crippen LogP contribution in [0.3, 0.4) is 0 Å². The summed E-state index contributed by atoms with van der Waals surface area (Å²) in [5, 5.41) is 3.07.